The van der Waals surface area contributed by atoms with Crippen LogP contribution in [0.1, 0.15) is 12.5 Å². The average molecular weight is 543 g/mol. The van der Waals surface area contributed by atoms with Crippen molar-refractivity contribution < 1.29 is 31.5 Å². The van der Waals surface area contributed by atoms with Crippen LogP contribution in [0.3, 0.4) is 0 Å². The van der Waals surface area contributed by atoms with Crippen molar-refractivity contribution in [1.82, 2.24) is 0 Å². The van der Waals surface area contributed by atoms with Gasteiger partial charge in [-0.05, 0) is 49.9 Å². The molecule has 0 heterocycles. The second-order valence-corrected chi connectivity index (χ2v) is 7.63. The van der Waals surface area contributed by atoms with E-state index in [1.807, 2.05) is 0 Å². The first-order valence-electron chi connectivity index (χ1n) is 5.89. The fraction of sp³-hybridized carbons (Fsp3) is 0.417. The maximum Gasteiger partial charge on any atom is 0.393 e. The fourth-order valence-corrected chi connectivity index (χ4v) is 3.01. The minimum absolute atomic E-state index is 0.0754. The molecule has 0 aliphatic rings. The summed E-state index contributed by atoms with van der Waals surface area (Å²) in [5.74, 6) is -8.67. The quantitative estimate of drug-likeness (QED) is 0.177. The smallest absolute Gasteiger partial charge is 0.393 e. The number of ether oxygens (including phenoxy) is 1. The van der Waals surface area contributed by atoms with Crippen LogP contribution in [0.4, 0.5) is 22.0 Å². The molecule has 24 heavy (non-hydrogen) atoms. The van der Waals surface area contributed by atoms with Crippen LogP contribution in [0.2, 0.25) is 15.1 Å². The van der Waals surface area contributed by atoms with E-state index in [0.717, 1.165) is 6.07 Å². The Hall–Kier alpha value is 0.170. The number of carbonyl (C=O) groups excluding carboxylic acids is 1. The maximum absolute atomic E-state index is 13.8. The van der Waals surface area contributed by atoms with Gasteiger partial charge in [0.15, 0.2) is 5.75 Å². The van der Waals surface area contributed by atoms with E-state index in [0.29, 0.717) is 0 Å². The first-order chi connectivity index (χ1) is 10.7. The van der Waals surface area contributed by atoms with E-state index in [1.54, 1.807) is 6.92 Å². The second-order valence-electron chi connectivity index (χ2n) is 4.35. The lowest BCUT2D eigenvalue weighted by atomic mass is 10.1. The van der Waals surface area contributed by atoms with Crippen LogP contribution in [0.15, 0.2) is 6.07 Å². The van der Waals surface area contributed by atoms with Crippen molar-refractivity contribution in [1.29, 1.82) is 0 Å². The Kier molecular flexibility index (Phi) is 6.87. The molecule has 0 aromatic heterocycles. The highest BCUT2D eigenvalue weighted by atomic mass is 79.9. The predicted octanol–water partition coefficient (Wildman–Crippen LogP) is 6.80. The van der Waals surface area contributed by atoms with Crippen LogP contribution in [0.5, 0.6) is 5.75 Å². The molecule has 0 N–H and O–H groups in total. The van der Waals surface area contributed by atoms with Crippen molar-refractivity contribution in [3.8, 4) is 5.75 Å². The lowest BCUT2D eigenvalue weighted by Crippen LogP contribution is -2.55. The lowest BCUT2D eigenvalue weighted by Gasteiger charge is -2.29. The highest BCUT2D eigenvalue weighted by Crippen LogP contribution is 2.53. The number of halogens is 10. The van der Waals surface area contributed by atoms with E-state index < -0.39 is 32.1 Å². The summed E-state index contributed by atoms with van der Waals surface area (Å²) in [6.45, 7) is 1.61. The Morgan fingerprint density at radius 1 is 1.12 bits per heavy atom. The molecule has 0 aliphatic carbocycles. The molecule has 1 aromatic rings. The number of hydrogen-bond acceptors (Lipinski definition) is 2. The third-order valence-corrected chi connectivity index (χ3v) is 5.87. The zero-order valence-corrected chi connectivity index (χ0v) is 16.8. The molecule has 1 aromatic carbocycles. The van der Waals surface area contributed by atoms with Crippen molar-refractivity contribution >= 4 is 72.6 Å². The highest BCUT2D eigenvalue weighted by molar-refractivity contribution is 9.12. The number of rotatable bonds is 5. The van der Waals surface area contributed by atoms with E-state index >= 15 is 0 Å². The third-order valence-electron chi connectivity index (χ3n) is 2.78. The lowest BCUT2D eigenvalue weighted by molar-refractivity contribution is -0.192. The zero-order chi connectivity index (χ0) is 19.1. The van der Waals surface area contributed by atoms with Crippen molar-refractivity contribution in [2.45, 2.75) is 28.7 Å². The van der Waals surface area contributed by atoms with Crippen LogP contribution in [0, 0.1) is 0 Å². The molecule has 0 radical (unpaired) electrons. The van der Waals surface area contributed by atoms with Gasteiger partial charge in [0, 0.05) is 5.02 Å². The van der Waals surface area contributed by atoms with Gasteiger partial charge in [-0.2, -0.15) is 17.6 Å². The number of hydrogen-bond donors (Lipinski definition) is 0. The van der Waals surface area contributed by atoms with Gasteiger partial charge < -0.3 is 4.74 Å². The van der Waals surface area contributed by atoms with Gasteiger partial charge in [0.1, 0.15) is 0 Å². The Morgan fingerprint density at radius 3 is 2.04 bits per heavy atom. The third kappa shape index (κ3) is 3.95. The minimum Gasteiger partial charge on any atom is -0.419 e. The van der Waals surface area contributed by atoms with Crippen molar-refractivity contribution in [2.75, 3.05) is 0 Å². The summed E-state index contributed by atoms with van der Waals surface area (Å²) < 4.78 is 66.7. The van der Waals surface area contributed by atoms with Gasteiger partial charge in [0.2, 0.25) is 0 Å². The predicted molar refractivity (Wildman–Crippen MR) is 88.1 cm³/mol. The Bertz CT molecular complexity index is 665. The molecule has 136 valence electrons. The standard InChI is InChI=1S/C12H6Br2Cl3F5O2/c1-2-4-5(15)3-6(16)8(7(4)17)24-9(23)10(18,19)11(13,20)12(14,21)22/h3H,2H2,1H3. The van der Waals surface area contributed by atoms with Crippen molar-refractivity contribution in [2.24, 2.45) is 0 Å². The molecule has 1 rings (SSSR count). The first kappa shape index (κ1) is 22.2. The van der Waals surface area contributed by atoms with Gasteiger partial charge in [-0.15, -0.1) is 0 Å². The SMILES string of the molecule is CCc1c(Cl)cc(Cl)c(OC(=O)C(F)(F)C(F)(Br)C(F)(F)Br)c1Cl. The monoisotopic (exact) mass is 540 g/mol. The molecule has 1 unspecified atom stereocenters. The van der Waals surface area contributed by atoms with Crippen molar-refractivity contribution in [3.63, 3.8) is 0 Å². The number of carbonyl (C=O) groups is 1. The summed E-state index contributed by atoms with van der Waals surface area (Å²) in [5, 5.41) is -0.730. The summed E-state index contributed by atoms with van der Waals surface area (Å²) in [4.78, 5) is 6.78. The summed E-state index contributed by atoms with van der Waals surface area (Å²) >= 11 is 20.4. The maximum atomic E-state index is 13.8. The highest BCUT2D eigenvalue weighted by Gasteiger charge is 2.72. The topological polar surface area (TPSA) is 26.3 Å². The Balaban J connectivity index is 3.30. The van der Waals surface area contributed by atoms with Gasteiger partial charge in [-0.25, -0.2) is 9.18 Å². The summed E-state index contributed by atoms with van der Waals surface area (Å²) in [6.07, 6.45) is 0.223. The summed E-state index contributed by atoms with van der Waals surface area (Å²) in [6, 6.07) is 1.06. The molecular weight excluding hydrogens is 537 g/mol. The number of alkyl halides is 7. The molecule has 0 amide bonds. The van der Waals surface area contributed by atoms with Crippen LogP contribution >= 0.6 is 66.7 Å². The molecule has 0 saturated heterocycles. The summed E-state index contributed by atoms with van der Waals surface area (Å²) in [5.41, 5.74) is 0.213. The molecule has 0 spiro atoms. The van der Waals surface area contributed by atoms with E-state index in [1.165, 1.54) is 31.9 Å². The normalized spacial score (nSPS) is 15.1. The molecule has 12 heteroatoms. The van der Waals surface area contributed by atoms with Gasteiger partial charge in [-0.1, -0.05) is 41.7 Å². The zero-order valence-electron chi connectivity index (χ0n) is 11.4. The molecule has 0 fully saturated rings. The Labute approximate surface area is 164 Å². The number of esters is 1. The van der Waals surface area contributed by atoms with Gasteiger partial charge in [0.05, 0.1) is 10.0 Å². The van der Waals surface area contributed by atoms with Crippen LogP contribution < -0.4 is 4.74 Å². The minimum atomic E-state index is -5.29. The van der Waals surface area contributed by atoms with E-state index in [4.69, 9.17) is 34.8 Å². The average Bonchev–Trinajstić information content (AvgIpc) is 2.41. The molecule has 0 aliphatic heterocycles. The summed E-state index contributed by atoms with van der Waals surface area (Å²) in [7, 11) is 0. The second kappa shape index (κ2) is 7.42. The Morgan fingerprint density at radius 2 is 1.62 bits per heavy atom. The number of benzene rings is 1. The van der Waals surface area contributed by atoms with Crippen LogP contribution in [-0.4, -0.2) is 21.3 Å². The van der Waals surface area contributed by atoms with Gasteiger partial charge >= 0.3 is 21.3 Å². The first-order valence-corrected chi connectivity index (χ1v) is 8.61. The van der Waals surface area contributed by atoms with Crippen LogP contribution in [-0.2, 0) is 11.2 Å². The molecule has 2 nitrogen and oxygen atoms in total. The van der Waals surface area contributed by atoms with E-state index in [9.17, 15) is 26.7 Å². The fourth-order valence-electron chi connectivity index (χ4n) is 1.49. The molecule has 0 saturated carbocycles. The van der Waals surface area contributed by atoms with Gasteiger partial charge in [0.25, 0.3) is 0 Å². The van der Waals surface area contributed by atoms with Crippen LogP contribution in [0.25, 0.3) is 0 Å². The van der Waals surface area contributed by atoms with Gasteiger partial charge in [-0.3, -0.25) is 0 Å². The largest absolute Gasteiger partial charge is 0.419 e. The van der Waals surface area contributed by atoms with E-state index in [2.05, 4.69) is 4.74 Å². The van der Waals surface area contributed by atoms with Crippen molar-refractivity contribution in [3.05, 3.63) is 26.7 Å². The molecular formula is C12H6Br2Cl3F5O2. The molecule has 1 atom stereocenters. The van der Waals surface area contributed by atoms with E-state index in [-0.39, 0.29) is 22.0 Å². The molecule has 0 bridgehead atoms.